The lowest BCUT2D eigenvalue weighted by Gasteiger charge is -2.45. The van der Waals surface area contributed by atoms with E-state index in [1.165, 1.54) is 66.6 Å². The molecule has 0 bridgehead atoms. The zero-order valence-electron chi connectivity index (χ0n) is 18.1. The summed E-state index contributed by atoms with van der Waals surface area (Å²) in [6.07, 6.45) is 0.607. The molecule has 4 rings (SSSR count). The molecular formula is C22H19N3O8S. The topological polar surface area (TPSA) is 138 Å². The number of fused-ring (bicyclic) bond motifs is 1. The zero-order valence-corrected chi connectivity index (χ0v) is 18.9. The highest BCUT2D eigenvalue weighted by molar-refractivity contribution is 8.03. The molecule has 3 atom stereocenters. The molecule has 12 heteroatoms. The average Bonchev–Trinajstić information content (AvgIpc) is 3.22. The smallest absolute Gasteiger partial charge is 0.355 e. The molecule has 2 unspecified atom stereocenters. The number of hydrogen-bond acceptors (Lipinski definition) is 10. The second kappa shape index (κ2) is 9.51. The van der Waals surface area contributed by atoms with Gasteiger partial charge in [-0.2, -0.15) is 0 Å². The van der Waals surface area contributed by atoms with Crippen molar-refractivity contribution >= 4 is 35.3 Å². The molecule has 0 aliphatic carbocycles. The monoisotopic (exact) mass is 485 g/mol. The molecule has 0 N–H and O–H groups in total. The number of non-ortho nitro benzene ring substituents is 1. The van der Waals surface area contributed by atoms with E-state index in [-0.39, 0.29) is 23.9 Å². The molecule has 1 aromatic heterocycles. The van der Waals surface area contributed by atoms with Crippen LogP contribution in [0.4, 0.5) is 5.69 Å². The van der Waals surface area contributed by atoms with Gasteiger partial charge >= 0.3 is 11.9 Å². The van der Waals surface area contributed by atoms with E-state index in [4.69, 9.17) is 14.2 Å². The van der Waals surface area contributed by atoms with Gasteiger partial charge in [-0.3, -0.25) is 24.6 Å². The van der Waals surface area contributed by atoms with Crippen molar-refractivity contribution in [1.82, 2.24) is 9.88 Å². The molecule has 0 saturated carbocycles. The van der Waals surface area contributed by atoms with Crippen LogP contribution in [0.1, 0.15) is 24.2 Å². The van der Waals surface area contributed by atoms with Crippen molar-refractivity contribution in [2.24, 2.45) is 5.92 Å². The first-order valence-corrected chi connectivity index (χ1v) is 11.0. The molecule has 1 fully saturated rings. The van der Waals surface area contributed by atoms with E-state index in [0.29, 0.717) is 17.0 Å². The summed E-state index contributed by atoms with van der Waals surface area (Å²) in [6, 6.07) is 8.88. The molecule has 1 saturated heterocycles. The van der Waals surface area contributed by atoms with E-state index >= 15 is 0 Å². The second-order valence-electron chi connectivity index (χ2n) is 7.43. The minimum Gasteiger partial charge on any atom is -0.481 e. The van der Waals surface area contributed by atoms with E-state index in [1.807, 2.05) is 0 Å². The van der Waals surface area contributed by atoms with Gasteiger partial charge < -0.3 is 14.2 Å². The average molecular weight is 485 g/mol. The fourth-order valence-corrected chi connectivity index (χ4v) is 4.89. The number of carbonyl (C=O) groups is 3. The SMILES string of the molecule is COc1ccc(C(OC(C)=O)C2C(=O)N3C(C(=O)OCc4ccc([N+](=O)[O-])cc4)=CS[C@H]23)cn1. The molecule has 1 aromatic carbocycles. The van der Waals surface area contributed by atoms with Gasteiger partial charge in [-0.1, -0.05) is 0 Å². The highest BCUT2D eigenvalue weighted by Crippen LogP contribution is 2.50. The molecule has 176 valence electrons. The fourth-order valence-electron chi connectivity index (χ4n) is 3.65. The van der Waals surface area contributed by atoms with Crippen molar-refractivity contribution in [2.45, 2.75) is 25.0 Å². The van der Waals surface area contributed by atoms with Crippen LogP contribution in [-0.4, -0.2) is 45.1 Å². The molecule has 1 amide bonds. The Balaban J connectivity index is 1.43. The number of ether oxygens (including phenoxy) is 3. The number of nitro benzene ring substituents is 1. The van der Waals surface area contributed by atoms with E-state index in [0.717, 1.165) is 0 Å². The van der Waals surface area contributed by atoms with Gasteiger partial charge in [0.05, 0.1) is 12.0 Å². The van der Waals surface area contributed by atoms with E-state index in [9.17, 15) is 24.5 Å². The maximum absolute atomic E-state index is 13.0. The Bertz CT molecular complexity index is 1170. The minimum atomic E-state index is -0.874. The summed E-state index contributed by atoms with van der Waals surface area (Å²) in [5, 5.41) is 11.8. The summed E-state index contributed by atoms with van der Waals surface area (Å²) in [5.74, 6) is -1.96. The number of hydrogen-bond donors (Lipinski definition) is 0. The maximum atomic E-state index is 13.0. The maximum Gasteiger partial charge on any atom is 0.355 e. The predicted molar refractivity (Wildman–Crippen MR) is 118 cm³/mol. The summed E-state index contributed by atoms with van der Waals surface area (Å²) >= 11 is 1.26. The van der Waals surface area contributed by atoms with Gasteiger partial charge in [0.1, 0.15) is 29.7 Å². The van der Waals surface area contributed by atoms with Crippen LogP contribution in [0.15, 0.2) is 53.7 Å². The number of nitrogens with zero attached hydrogens (tertiary/aromatic N) is 3. The van der Waals surface area contributed by atoms with Crippen molar-refractivity contribution in [3.8, 4) is 5.88 Å². The van der Waals surface area contributed by atoms with Gasteiger partial charge in [0.2, 0.25) is 11.8 Å². The number of benzene rings is 1. The third-order valence-corrected chi connectivity index (χ3v) is 6.45. The third kappa shape index (κ3) is 4.44. The summed E-state index contributed by atoms with van der Waals surface area (Å²) < 4.78 is 15.8. The summed E-state index contributed by atoms with van der Waals surface area (Å²) in [5.41, 5.74) is 1.12. The lowest BCUT2D eigenvalue weighted by Crippen LogP contribution is -2.59. The number of rotatable bonds is 8. The second-order valence-corrected chi connectivity index (χ2v) is 8.42. The van der Waals surface area contributed by atoms with Gasteiger partial charge in [0.15, 0.2) is 0 Å². The molecule has 3 heterocycles. The van der Waals surface area contributed by atoms with Gasteiger partial charge in [0.25, 0.3) is 5.69 Å². The van der Waals surface area contributed by atoms with Gasteiger partial charge in [-0.25, -0.2) is 9.78 Å². The number of esters is 2. The number of methoxy groups -OCH3 is 1. The van der Waals surface area contributed by atoms with Crippen LogP contribution in [0.25, 0.3) is 0 Å². The number of β-lactam (4-membered cyclic amide) rings is 1. The highest BCUT2D eigenvalue weighted by atomic mass is 32.2. The van der Waals surface area contributed by atoms with Crippen molar-refractivity contribution in [1.29, 1.82) is 0 Å². The molecule has 2 aliphatic rings. The lowest BCUT2D eigenvalue weighted by molar-refractivity contribution is -0.384. The molecule has 0 radical (unpaired) electrons. The van der Waals surface area contributed by atoms with E-state index in [2.05, 4.69) is 4.98 Å². The molecule has 11 nitrogen and oxygen atoms in total. The molecule has 2 aliphatic heterocycles. The van der Waals surface area contributed by atoms with Crippen LogP contribution in [0.5, 0.6) is 5.88 Å². The fraction of sp³-hybridized carbons (Fsp3) is 0.273. The number of amides is 1. The molecular weight excluding hydrogens is 466 g/mol. The normalized spacial score (nSPS) is 19.4. The van der Waals surface area contributed by atoms with Crippen LogP contribution in [0.2, 0.25) is 0 Å². The summed E-state index contributed by atoms with van der Waals surface area (Å²) in [6.45, 7) is 1.15. The molecule has 2 aromatic rings. The number of carbonyl (C=O) groups excluding carboxylic acids is 3. The Morgan fingerprint density at radius 1 is 1.24 bits per heavy atom. The Morgan fingerprint density at radius 2 is 1.97 bits per heavy atom. The largest absolute Gasteiger partial charge is 0.481 e. The summed E-state index contributed by atoms with van der Waals surface area (Å²) in [7, 11) is 1.47. The first-order valence-electron chi connectivity index (χ1n) is 10.1. The quantitative estimate of drug-likeness (QED) is 0.237. The Labute approximate surface area is 197 Å². The van der Waals surface area contributed by atoms with E-state index in [1.54, 1.807) is 12.1 Å². The van der Waals surface area contributed by atoms with Gasteiger partial charge in [-0.15, -0.1) is 11.8 Å². The van der Waals surface area contributed by atoms with Crippen LogP contribution in [-0.2, 0) is 30.5 Å². The van der Waals surface area contributed by atoms with Gasteiger partial charge in [0, 0.05) is 42.3 Å². The van der Waals surface area contributed by atoms with Crippen LogP contribution >= 0.6 is 11.8 Å². The standard InChI is InChI=1S/C22H19N3O8S/c1-12(26)33-19(14-5-8-17(31-2)23-9-14)18-20(27)24-16(11-34-21(18)24)22(28)32-10-13-3-6-15(7-4-13)25(29)30/h3-9,11,18-19,21H,10H2,1-2H3/t18?,19?,21-/m1/s1. The zero-order chi connectivity index (χ0) is 24.4. The molecule has 34 heavy (non-hydrogen) atoms. The Hall–Kier alpha value is -3.93. The van der Waals surface area contributed by atoms with Crippen LogP contribution < -0.4 is 4.74 Å². The van der Waals surface area contributed by atoms with Gasteiger partial charge in [-0.05, 0) is 23.8 Å². The van der Waals surface area contributed by atoms with Crippen molar-refractivity contribution in [2.75, 3.05) is 7.11 Å². The third-order valence-electron chi connectivity index (χ3n) is 5.31. The van der Waals surface area contributed by atoms with E-state index < -0.39 is 34.3 Å². The number of aromatic nitrogens is 1. The molecule has 0 spiro atoms. The van der Waals surface area contributed by atoms with Crippen molar-refractivity contribution < 1.29 is 33.5 Å². The predicted octanol–water partition coefficient (Wildman–Crippen LogP) is 2.72. The van der Waals surface area contributed by atoms with Crippen LogP contribution in [0.3, 0.4) is 0 Å². The minimum absolute atomic E-state index is 0.0700. The first kappa shape index (κ1) is 23.2. The summed E-state index contributed by atoms with van der Waals surface area (Å²) in [4.78, 5) is 53.0. The van der Waals surface area contributed by atoms with Crippen molar-refractivity contribution in [3.63, 3.8) is 0 Å². The van der Waals surface area contributed by atoms with Crippen LogP contribution in [0, 0.1) is 16.0 Å². The number of thioether (sulfide) groups is 1. The highest BCUT2D eigenvalue weighted by Gasteiger charge is 2.58. The first-order chi connectivity index (χ1) is 16.3. The van der Waals surface area contributed by atoms with Crippen molar-refractivity contribution in [3.05, 3.63) is 74.9 Å². The number of nitro groups is 1. The Morgan fingerprint density at radius 3 is 2.56 bits per heavy atom. The number of pyridine rings is 1. The lowest BCUT2D eigenvalue weighted by atomic mass is 9.87. The Kier molecular flexibility index (Phi) is 6.50.